The molecule has 2 rings (SSSR count). The Hall–Kier alpha value is -1.61. The topological polar surface area (TPSA) is 29.9 Å². The van der Waals surface area contributed by atoms with Gasteiger partial charge in [-0.3, -0.25) is 4.68 Å². The molecule has 0 bridgehead atoms. The Labute approximate surface area is 122 Å². The molecule has 1 heterocycles. The summed E-state index contributed by atoms with van der Waals surface area (Å²) in [5.74, 6) is 0. The largest absolute Gasteiger partial charge is 0.303 e. The van der Waals surface area contributed by atoms with Gasteiger partial charge in [-0.25, -0.2) is 0 Å². The maximum Gasteiger partial charge on any atom is 0.0537 e. The van der Waals surface area contributed by atoms with Gasteiger partial charge in [-0.2, -0.15) is 5.10 Å². The Balaban J connectivity index is 2.21. The number of rotatable bonds is 4. The maximum absolute atomic E-state index is 4.26. The number of benzene rings is 1. The second kappa shape index (κ2) is 5.80. The molecule has 0 aliphatic carbocycles. The molecule has 0 aliphatic heterocycles. The Kier molecular flexibility index (Phi) is 4.29. The Morgan fingerprint density at radius 2 is 1.75 bits per heavy atom. The van der Waals surface area contributed by atoms with Crippen LogP contribution in [0, 0.1) is 5.41 Å². The van der Waals surface area contributed by atoms with E-state index in [0.29, 0.717) is 6.04 Å². The maximum atomic E-state index is 4.26. The van der Waals surface area contributed by atoms with Crippen LogP contribution in [0.5, 0.6) is 0 Å². The van der Waals surface area contributed by atoms with E-state index in [0.717, 1.165) is 0 Å². The van der Waals surface area contributed by atoms with Gasteiger partial charge in [0.25, 0.3) is 0 Å². The fourth-order valence-electron chi connectivity index (χ4n) is 2.50. The van der Waals surface area contributed by atoms with Crippen LogP contribution in [0.15, 0.2) is 42.7 Å². The summed E-state index contributed by atoms with van der Waals surface area (Å²) in [6.07, 6.45) is 4.00. The van der Waals surface area contributed by atoms with Gasteiger partial charge >= 0.3 is 0 Å². The van der Waals surface area contributed by atoms with Crippen LogP contribution in [-0.4, -0.2) is 9.78 Å². The van der Waals surface area contributed by atoms with E-state index in [2.05, 4.69) is 74.6 Å². The quantitative estimate of drug-likeness (QED) is 0.915. The van der Waals surface area contributed by atoms with Gasteiger partial charge in [0.2, 0.25) is 0 Å². The number of nitrogens with one attached hydrogen (secondary N) is 1. The van der Waals surface area contributed by atoms with Crippen molar-refractivity contribution in [1.82, 2.24) is 15.1 Å². The first-order chi connectivity index (χ1) is 9.38. The van der Waals surface area contributed by atoms with Crippen molar-refractivity contribution < 1.29 is 0 Å². The smallest absolute Gasteiger partial charge is 0.0537 e. The molecule has 1 aromatic heterocycles. The molecule has 2 unspecified atom stereocenters. The van der Waals surface area contributed by atoms with Gasteiger partial charge in [0.05, 0.1) is 6.20 Å². The van der Waals surface area contributed by atoms with Crippen LogP contribution in [-0.2, 0) is 7.05 Å². The summed E-state index contributed by atoms with van der Waals surface area (Å²) in [6, 6.07) is 11.2. The van der Waals surface area contributed by atoms with Crippen molar-refractivity contribution in [2.75, 3.05) is 0 Å². The third-order valence-corrected chi connectivity index (χ3v) is 3.64. The summed E-state index contributed by atoms with van der Waals surface area (Å²) in [5, 5.41) is 8.01. The summed E-state index contributed by atoms with van der Waals surface area (Å²) in [7, 11) is 1.95. The highest BCUT2D eigenvalue weighted by atomic mass is 15.2. The molecule has 1 aromatic carbocycles. The van der Waals surface area contributed by atoms with Crippen molar-refractivity contribution in [3.8, 4) is 0 Å². The second-order valence-corrected chi connectivity index (χ2v) is 6.55. The first-order valence-electron chi connectivity index (χ1n) is 7.17. The zero-order valence-electron chi connectivity index (χ0n) is 13.1. The number of hydrogen-bond acceptors (Lipinski definition) is 2. The number of hydrogen-bond donors (Lipinski definition) is 1. The minimum atomic E-state index is 0.151. The molecule has 2 aromatic rings. The third-order valence-electron chi connectivity index (χ3n) is 3.64. The zero-order chi connectivity index (χ0) is 14.8. The molecule has 3 nitrogen and oxygen atoms in total. The minimum Gasteiger partial charge on any atom is -0.303 e. The van der Waals surface area contributed by atoms with E-state index in [9.17, 15) is 0 Å². The molecule has 0 saturated carbocycles. The summed E-state index contributed by atoms with van der Waals surface area (Å²) in [5.41, 5.74) is 2.70. The van der Waals surface area contributed by atoms with Crippen molar-refractivity contribution in [2.45, 2.75) is 39.8 Å². The van der Waals surface area contributed by atoms with Gasteiger partial charge in [-0.15, -0.1) is 0 Å². The van der Waals surface area contributed by atoms with Gasteiger partial charge in [-0.05, 0) is 17.9 Å². The third kappa shape index (κ3) is 3.48. The molecule has 3 heteroatoms. The molecule has 108 valence electrons. The predicted molar refractivity (Wildman–Crippen MR) is 83.4 cm³/mol. The van der Waals surface area contributed by atoms with Crippen LogP contribution in [0.3, 0.4) is 0 Å². The average molecular weight is 271 g/mol. The normalized spacial score (nSPS) is 15.1. The number of aryl methyl sites for hydroxylation is 1. The van der Waals surface area contributed by atoms with E-state index in [-0.39, 0.29) is 11.5 Å². The summed E-state index contributed by atoms with van der Waals surface area (Å²) < 4.78 is 1.85. The fourth-order valence-corrected chi connectivity index (χ4v) is 2.50. The van der Waals surface area contributed by atoms with Crippen LogP contribution in [0.2, 0.25) is 0 Å². The highest BCUT2D eigenvalue weighted by Gasteiger charge is 2.27. The van der Waals surface area contributed by atoms with Crippen molar-refractivity contribution in [1.29, 1.82) is 0 Å². The van der Waals surface area contributed by atoms with Crippen LogP contribution >= 0.6 is 0 Å². The van der Waals surface area contributed by atoms with E-state index in [4.69, 9.17) is 0 Å². The molecular formula is C17H25N3. The Morgan fingerprint density at radius 1 is 1.10 bits per heavy atom. The van der Waals surface area contributed by atoms with Gasteiger partial charge in [0.15, 0.2) is 0 Å². The van der Waals surface area contributed by atoms with E-state index in [1.54, 1.807) is 0 Å². The molecular weight excluding hydrogens is 246 g/mol. The lowest BCUT2D eigenvalue weighted by Crippen LogP contribution is -2.34. The molecule has 0 spiro atoms. The Morgan fingerprint density at radius 3 is 2.25 bits per heavy atom. The van der Waals surface area contributed by atoms with E-state index in [1.807, 2.05) is 17.9 Å². The Bertz CT molecular complexity index is 537. The van der Waals surface area contributed by atoms with E-state index < -0.39 is 0 Å². The highest BCUT2D eigenvalue weighted by molar-refractivity contribution is 5.22. The van der Waals surface area contributed by atoms with Crippen LogP contribution in [0.25, 0.3) is 0 Å². The molecule has 0 amide bonds. The first kappa shape index (κ1) is 14.8. The summed E-state index contributed by atoms with van der Waals surface area (Å²) in [6.45, 7) is 9.01. The minimum absolute atomic E-state index is 0.151. The lowest BCUT2D eigenvalue weighted by atomic mass is 9.82. The number of nitrogens with zero attached hydrogens (tertiary/aromatic N) is 2. The lowest BCUT2D eigenvalue weighted by molar-refractivity contribution is 0.254. The molecule has 1 N–H and O–H groups in total. The van der Waals surface area contributed by atoms with E-state index >= 15 is 0 Å². The van der Waals surface area contributed by atoms with Gasteiger partial charge < -0.3 is 5.32 Å². The highest BCUT2D eigenvalue weighted by Crippen LogP contribution is 2.34. The first-order valence-corrected chi connectivity index (χ1v) is 7.17. The van der Waals surface area contributed by atoms with Crippen LogP contribution in [0.4, 0.5) is 0 Å². The molecule has 2 atom stereocenters. The molecule has 0 fully saturated rings. The van der Waals surface area contributed by atoms with Gasteiger partial charge in [0, 0.05) is 30.9 Å². The molecule has 0 radical (unpaired) electrons. The van der Waals surface area contributed by atoms with Crippen LogP contribution in [0.1, 0.15) is 50.9 Å². The van der Waals surface area contributed by atoms with Gasteiger partial charge in [-0.1, -0.05) is 51.1 Å². The average Bonchev–Trinajstić information content (AvgIpc) is 2.82. The van der Waals surface area contributed by atoms with Gasteiger partial charge in [0.1, 0.15) is 0 Å². The summed E-state index contributed by atoms with van der Waals surface area (Å²) >= 11 is 0. The van der Waals surface area contributed by atoms with Crippen molar-refractivity contribution in [3.63, 3.8) is 0 Å². The lowest BCUT2D eigenvalue weighted by Gasteiger charge is -2.34. The van der Waals surface area contributed by atoms with Crippen LogP contribution < -0.4 is 5.32 Å². The second-order valence-electron chi connectivity index (χ2n) is 6.55. The number of aromatic nitrogens is 2. The molecule has 0 aliphatic rings. The fraction of sp³-hybridized carbons (Fsp3) is 0.471. The SMILES string of the molecule is CC(NC(c1ccccc1)C(C)(C)C)c1cnn(C)c1. The zero-order valence-corrected chi connectivity index (χ0v) is 13.1. The molecule has 20 heavy (non-hydrogen) atoms. The summed E-state index contributed by atoms with van der Waals surface area (Å²) in [4.78, 5) is 0. The molecule has 0 saturated heterocycles. The monoisotopic (exact) mass is 271 g/mol. The van der Waals surface area contributed by atoms with Crippen molar-refractivity contribution in [3.05, 3.63) is 53.9 Å². The predicted octanol–water partition coefficient (Wildman–Crippen LogP) is 3.86. The standard InChI is InChI=1S/C17H25N3/c1-13(15-11-18-20(5)12-15)19-16(17(2,3)4)14-9-7-6-8-10-14/h6-13,16,19H,1-5H3. The van der Waals surface area contributed by atoms with Crippen molar-refractivity contribution >= 4 is 0 Å². The van der Waals surface area contributed by atoms with Crippen molar-refractivity contribution in [2.24, 2.45) is 12.5 Å². The van der Waals surface area contributed by atoms with E-state index in [1.165, 1.54) is 11.1 Å².